The van der Waals surface area contributed by atoms with Gasteiger partial charge in [-0.1, -0.05) is 36.4 Å². The van der Waals surface area contributed by atoms with Gasteiger partial charge in [0.2, 0.25) is 0 Å². The second-order valence-corrected chi connectivity index (χ2v) is 6.50. The summed E-state index contributed by atoms with van der Waals surface area (Å²) in [5.74, 6) is 1.03. The van der Waals surface area contributed by atoms with E-state index in [9.17, 15) is 4.79 Å². The van der Waals surface area contributed by atoms with Crippen LogP contribution in [0.1, 0.15) is 10.4 Å². The molecule has 0 unspecified atom stereocenters. The van der Waals surface area contributed by atoms with E-state index in [1.165, 1.54) is 0 Å². The number of carbonyl (C=O) groups excluding carboxylic acids is 1. The van der Waals surface area contributed by atoms with Gasteiger partial charge in [0.25, 0.3) is 5.91 Å². The number of rotatable bonds is 4. The highest BCUT2D eigenvalue weighted by Crippen LogP contribution is 2.23. The maximum absolute atomic E-state index is 13.1. The Morgan fingerprint density at radius 1 is 0.815 bits per heavy atom. The van der Waals surface area contributed by atoms with Gasteiger partial charge in [-0.15, -0.1) is 0 Å². The number of para-hydroxylation sites is 2. The van der Waals surface area contributed by atoms with Gasteiger partial charge in [-0.05, 0) is 36.4 Å². The smallest absolute Gasteiger partial charge is 0.256 e. The summed E-state index contributed by atoms with van der Waals surface area (Å²) in [6, 6.07) is 23.5. The highest BCUT2D eigenvalue weighted by molar-refractivity contribution is 6.00. The molecule has 0 spiro atoms. The maximum atomic E-state index is 13.1. The van der Waals surface area contributed by atoms with Crippen molar-refractivity contribution in [1.82, 2.24) is 9.88 Å². The van der Waals surface area contributed by atoms with Crippen LogP contribution in [0.3, 0.4) is 0 Å². The molecule has 1 fully saturated rings. The van der Waals surface area contributed by atoms with Crippen LogP contribution in [-0.4, -0.2) is 42.0 Å². The van der Waals surface area contributed by atoms with Gasteiger partial charge in [-0.2, -0.15) is 0 Å². The molecular weight excluding hydrogens is 336 g/mol. The van der Waals surface area contributed by atoms with E-state index in [2.05, 4.69) is 15.2 Å². The van der Waals surface area contributed by atoms with Crippen molar-refractivity contribution in [1.29, 1.82) is 0 Å². The highest BCUT2D eigenvalue weighted by Gasteiger charge is 2.24. The molecule has 1 amide bonds. The zero-order valence-electron chi connectivity index (χ0n) is 15.1. The number of pyridine rings is 1. The Kier molecular flexibility index (Phi) is 5.01. The van der Waals surface area contributed by atoms with Crippen LogP contribution in [0.4, 0.5) is 17.2 Å². The number of hydrogen-bond acceptors (Lipinski definition) is 4. The number of piperazine rings is 1. The lowest BCUT2D eigenvalue weighted by atomic mass is 10.1. The zero-order chi connectivity index (χ0) is 18.5. The average Bonchev–Trinajstić information content (AvgIpc) is 2.75. The molecule has 3 aromatic rings. The normalized spacial score (nSPS) is 14.1. The van der Waals surface area contributed by atoms with Crippen molar-refractivity contribution >= 4 is 23.1 Å². The molecule has 4 rings (SSSR count). The van der Waals surface area contributed by atoms with E-state index in [0.29, 0.717) is 18.7 Å². The summed E-state index contributed by atoms with van der Waals surface area (Å²) in [4.78, 5) is 21.7. The van der Waals surface area contributed by atoms with Crippen molar-refractivity contribution in [2.24, 2.45) is 0 Å². The van der Waals surface area contributed by atoms with Crippen molar-refractivity contribution < 1.29 is 4.79 Å². The first kappa shape index (κ1) is 17.1. The average molecular weight is 358 g/mol. The predicted octanol–water partition coefficient (Wildman–Crippen LogP) is 3.79. The molecule has 0 radical (unpaired) electrons. The molecule has 1 aliphatic heterocycles. The van der Waals surface area contributed by atoms with E-state index in [-0.39, 0.29) is 5.91 Å². The summed E-state index contributed by atoms with van der Waals surface area (Å²) < 4.78 is 0. The minimum atomic E-state index is 0.0645. The number of carbonyl (C=O) groups is 1. The third-order valence-electron chi connectivity index (χ3n) is 4.75. The summed E-state index contributed by atoms with van der Waals surface area (Å²) in [6.07, 6.45) is 1.80. The minimum absolute atomic E-state index is 0.0645. The molecular formula is C22H22N4O. The van der Waals surface area contributed by atoms with Crippen LogP contribution in [-0.2, 0) is 0 Å². The van der Waals surface area contributed by atoms with Crippen molar-refractivity contribution in [2.75, 3.05) is 36.4 Å². The summed E-state index contributed by atoms with van der Waals surface area (Å²) in [5.41, 5.74) is 2.51. The summed E-state index contributed by atoms with van der Waals surface area (Å²) >= 11 is 0. The Labute approximate surface area is 159 Å². The largest absolute Gasteiger partial charge is 0.355 e. The van der Waals surface area contributed by atoms with Crippen LogP contribution in [0.5, 0.6) is 0 Å². The fraction of sp³-hybridized carbons (Fsp3) is 0.182. The van der Waals surface area contributed by atoms with Crippen molar-refractivity contribution in [2.45, 2.75) is 0 Å². The van der Waals surface area contributed by atoms with Crippen LogP contribution >= 0.6 is 0 Å². The highest BCUT2D eigenvalue weighted by atomic mass is 16.2. The van der Waals surface area contributed by atoms with Gasteiger partial charge in [0.05, 0.1) is 11.3 Å². The van der Waals surface area contributed by atoms with Gasteiger partial charge in [0.1, 0.15) is 5.82 Å². The second-order valence-electron chi connectivity index (χ2n) is 6.50. The number of nitrogens with one attached hydrogen (secondary N) is 1. The molecule has 5 heteroatoms. The Hall–Kier alpha value is -3.34. The second kappa shape index (κ2) is 7.91. The Balaban J connectivity index is 1.46. The summed E-state index contributed by atoms with van der Waals surface area (Å²) in [5, 5.41) is 3.36. The van der Waals surface area contributed by atoms with E-state index in [1.807, 2.05) is 77.7 Å². The van der Waals surface area contributed by atoms with Crippen LogP contribution in [0.15, 0.2) is 79.0 Å². The molecule has 1 aliphatic rings. The van der Waals surface area contributed by atoms with E-state index < -0.39 is 0 Å². The van der Waals surface area contributed by atoms with Gasteiger partial charge in [0, 0.05) is 38.1 Å². The predicted molar refractivity (Wildman–Crippen MR) is 109 cm³/mol. The van der Waals surface area contributed by atoms with Crippen LogP contribution in [0.25, 0.3) is 0 Å². The Bertz CT molecular complexity index is 890. The van der Waals surface area contributed by atoms with E-state index in [4.69, 9.17) is 0 Å². The molecule has 2 heterocycles. The lowest BCUT2D eigenvalue weighted by Crippen LogP contribution is -2.49. The van der Waals surface area contributed by atoms with E-state index in [0.717, 1.165) is 30.3 Å². The molecule has 136 valence electrons. The van der Waals surface area contributed by atoms with Crippen LogP contribution in [0, 0.1) is 0 Å². The van der Waals surface area contributed by atoms with Gasteiger partial charge in [-0.25, -0.2) is 4.98 Å². The number of nitrogens with zero attached hydrogens (tertiary/aromatic N) is 3. The van der Waals surface area contributed by atoms with E-state index in [1.54, 1.807) is 6.20 Å². The molecule has 1 N–H and O–H groups in total. The molecule has 0 atom stereocenters. The number of benzene rings is 2. The van der Waals surface area contributed by atoms with Gasteiger partial charge in [-0.3, -0.25) is 4.79 Å². The van der Waals surface area contributed by atoms with Crippen molar-refractivity contribution in [3.8, 4) is 0 Å². The van der Waals surface area contributed by atoms with Crippen LogP contribution < -0.4 is 10.2 Å². The Morgan fingerprint density at radius 3 is 2.26 bits per heavy atom. The number of aromatic nitrogens is 1. The standard InChI is InChI=1S/C22H22N4O/c27-22(26-16-14-25(15-17-26)21-12-6-7-13-23-21)19-10-4-5-11-20(19)24-18-8-2-1-3-9-18/h1-13,24H,14-17H2. The van der Waals surface area contributed by atoms with Gasteiger partial charge in [0.15, 0.2) is 0 Å². The summed E-state index contributed by atoms with van der Waals surface area (Å²) in [7, 11) is 0. The summed E-state index contributed by atoms with van der Waals surface area (Å²) in [6.45, 7) is 2.96. The third-order valence-corrected chi connectivity index (χ3v) is 4.75. The molecule has 5 nitrogen and oxygen atoms in total. The molecule has 0 bridgehead atoms. The Morgan fingerprint density at radius 2 is 1.52 bits per heavy atom. The fourth-order valence-corrected chi connectivity index (χ4v) is 3.31. The first-order valence-electron chi connectivity index (χ1n) is 9.17. The number of anilines is 3. The molecule has 1 aromatic heterocycles. The van der Waals surface area contributed by atoms with E-state index >= 15 is 0 Å². The van der Waals surface area contributed by atoms with Gasteiger partial charge < -0.3 is 15.1 Å². The van der Waals surface area contributed by atoms with Crippen molar-refractivity contribution in [3.63, 3.8) is 0 Å². The van der Waals surface area contributed by atoms with Crippen molar-refractivity contribution in [3.05, 3.63) is 84.6 Å². The number of amides is 1. The molecule has 0 saturated carbocycles. The SMILES string of the molecule is O=C(c1ccccc1Nc1ccccc1)N1CCN(c2ccccn2)CC1. The molecule has 0 aliphatic carbocycles. The quantitative estimate of drug-likeness (QED) is 0.771. The fourth-order valence-electron chi connectivity index (χ4n) is 3.31. The van der Waals surface area contributed by atoms with Crippen LogP contribution in [0.2, 0.25) is 0 Å². The maximum Gasteiger partial charge on any atom is 0.256 e. The monoisotopic (exact) mass is 358 g/mol. The first-order chi connectivity index (χ1) is 13.3. The first-order valence-corrected chi connectivity index (χ1v) is 9.17. The lowest BCUT2D eigenvalue weighted by Gasteiger charge is -2.35. The third kappa shape index (κ3) is 3.92. The minimum Gasteiger partial charge on any atom is -0.355 e. The lowest BCUT2D eigenvalue weighted by molar-refractivity contribution is 0.0747. The topological polar surface area (TPSA) is 48.5 Å². The molecule has 2 aromatic carbocycles. The molecule has 27 heavy (non-hydrogen) atoms. The zero-order valence-corrected chi connectivity index (χ0v) is 15.1. The molecule has 1 saturated heterocycles. The number of hydrogen-bond donors (Lipinski definition) is 1. The van der Waals surface area contributed by atoms with Gasteiger partial charge >= 0.3 is 0 Å².